The van der Waals surface area contributed by atoms with E-state index in [9.17, 15) is 4.79 Å². The fourth-order valence-corrected chi connectivity index (χ4v) is 3.16. The molecule has 3 heteroatoms. The van der Waals surface area contributed by atoms with E-state index in [2.05, 4.69) is 53.8 Å². The molecule has 24 heavy (non-hydrogen) atoms. The van der Waals surface area contributed by atoms with Crippen LogP contribution in [0.5, 0.6) is 0 Å². The van der Waals surface area contributed by atoms with Gasteiger partial charge in [-0.05, 0) is 49.4 Å². The molecule has 0 saturated heterocycles. The van der Waals surface area contributed by atoms with E-state index in [0.29, 0.717) is 6.42 Å². The molecule has 3 nitrogen and oxygen atoms in total. The molecule has 0 rings (SSSR count). The first kappa shape index (κ1) is 23.6. The van der Waals surface area contributed by atoms with E-state index in [-0.39, 0.29) is 28.6 Å². The van der Waals surface area contributed by atoms with Crippen molar-refractivity contribution in [1.29, 1.82) is 0 Å². The molecular weight excluding hydrogens is 298 g/mol. The van der Waals surface area contributed by atoms with Crippen LogP contribution in [0.15, 0.2) is 0 Å². The fraction of sp³-hybridized carbons (Fsp3) is 0.952. The van der Waals surface area contributed by atoms with Gasteiger partial charge in [0.1, 0.15) is 0 Å². The van der Waals surface area contributed by atoms with Crippen molar-refractivity contribution < 1.29 is 9.90 Å². The molecule has 0 aromatic heterocycles. The molecule has 0 aliphatic carbocycles. The summed E-state index contributed by atoms with van der Waals surface area (Å²) in [5.74, 6) is 0.271. The van der Waals surface area contributed by atoms with Crippen molar-refractivity contribution in [2.75, 3.05) is 13.2 Å². The second kappa shape index (κ2) is 8.80. The van der Waals surface area contributed by atoms with Gasteiger partial charge < -0.3 is 10.4 Å². The number of Topliss-reactive ketones (excluding diaryl/α,β-unsaturated/α-hetero) is 1. The summed E-state index contributed by atoms with van der Waals surface area (Å²) in [6.45, 7) is 21.1. The van der Waals surface area contributed by atoms with Gasteiger partial charge in [-0.2, -0.15) is 0 Å². The van der Waals surface area contributed by atoms with Crippen molar-refractivity contribution in [2.24, 2.45) is 16.2 Å². The van der Waals surface area contributed by atoms with Crippen molar-refractivity contribution >= 4 is 5.78 Å². The highest BCUT2D eigenvalue weighted by atomic mass is 16.2. The monoisotopic (exact) mass is 341 g/mol. The smallest absolute Gasteiger partial charge is 0.152 e. The zero-order valence-corrected chi connectivity index (χ0v) is 17.8. The highest BCUT2D eigenvalue weighted by molar-refractivity contribution is 5.87. The summed E-state index contributed by atoms with van der Waals surface area (Å²) in [6.07, 6.45) is 4.27. The molecule has 0 heterocycles. The van der Waals surface area contributed by atoms with Crippen LogP contribution in [0.25, 0.3) is 0 Å². The van der Waals surface area contributed by atoms with Crippen LogP contribution in [0.1, 0.15) is 94.4 Å². The molecule has 0 aliphatic rings. The summed E-state index contributed by atoms with van der Waals surface area (Å²) >= 11 is 0. The second-order valence-electron chi connectivity index (χ2n) is 10.5. The normalized spacial score (nSPS) is 16.1. The minimum atomic E-state index is -0.496. The number of rotatable bonds is 10. The first-order valence-corrected chi connectivity index (χ1v) is 9.54. The van der Waals surface area contributed by atoms with Gasteiger partial charge in [-0.25, -0.2) is 0 Å². The van der Waals surface area contributed by atoms with Gasteiger partial charge in [0.2, 0.25) is 0 Å². The fourth-order valence-electron chi connectivity index (χ4n) is 3.16. The number of carbonyl (C=O) groups excluding carboxylic acids is 1. The predicted octanol–water partition coefficient (Wildman–Crippen LogP) is 4.97. The van der Waals surface area contributed by atoms with Crippen molar-refractivity contribution in [3.63, 3.8) is 0 Å². The molecule has 0 spiro atoms. The molecule has 0 fully saturated rings. The van der Waals surface area contributed by atoms with Crippen molar-refractivity contribution in [2.45, 2.75) is 100.0 Å². The number of ketones is 1. The summed E-state index contributed by atoms with van der Waals surface area (Å²) in [5, 5.41) is 12.4. The van der Waals surface area contributed by atoms with Gasteiger partial charge in [0.25, 0.3) is 0 Å². The summed E-state index contributed by atoms with van der Waals surface area (Å²) in [6, 6.07) is 0. The van der Waals surface area contributed by atoms with Crippen molar-refractivity contribution in [1.82, 2.24) is 5.32 Å². The zero-order valence-electron chi connectivity index (χ0n) is 17.8. The largest absolute Gasteiger partial charge is 0.396 e. The number of hydrogen-bond donors (Lipinski definition) is 2. The lowest BCUT2D eigenvalue weighted by Crippen LogP contribution is -2.53. The summed E-state index contributed by atoms with van der Waals surface area (Å²) in [5.41, 5.74) is 0.0268. The summed E-state index contributed by atoms with van der Waals surface area (Å²) in [4.78, 5) is 12.6. The van der Waals surface area contributed by atoms with E-state index in [0.717, 1.165) is 32.2 Å². The molecule has 144 valence electrons. The Labute approximate surface area is 151 Å². The van der Waals surface area contributed by atoms with Crippen LogP contribution in [-0.2, 0) is 4.79 Å². The minimum absolute atomic E-state index is 0.111. The van der Waals surface area contributed by atoms with Gasteiger partial charge >= 0.3 is 0 Å². The molecule has 0 radical (unpaired) electrons. The Morgan fingerprint density at radius 1 is 0.875 bits per heavy atom. The Hall–Kier alpha value is -0.410. The molecule has 1 atom stereocenters. The summed E-state index contributed by atoms with van der Waals surface area (Å²) < 4.78 is 0. The standard InChI is InChI=1S/C21H43NO2/c1-18(2,3)15-21(9,19(4,5)6)16-22-20(7,8)17(24)13-11-10-12-14-23/h22-23H,10-16H2,1-9H3. The average Bonchev–Trinajstić information content (AvgIpc) is 2.38. The first-order chi connectivity index (χ1) is 10.6. The maximum absolute atomic E-state index is 12.6. The number of aliphatic hydroxyl groups excluding tert-OH is 1. The Balaban J connectivity index is 4.85. The SMILES string of the molecule is CC(C)(C)CC(C)(CNC(C)(C)C(=O)CCCCCO)C(C)(C)C. The second-order valence-corrected chi connectivity index (χ2v) is 10.5. The third kappa shape index (κ3) is 8.11. The molecular formula is C21H43NO2. The average molecular weight is 342 g/mol. The molecule has 0 bridgehead atoms. The van der Waals surface area contributed by atoms with Gasteiger partial charge in [-0.3, -0.25) is 4.79 Å². The highest BCUT2D eigenvalue weighted by Crippen LogP contribution is 2.46. The third-order valence-corrected chi connectivity index (χ3v) is 5.41. The number of unbranched alkanes of at least 4 members (excludes halogenated alkanes) is 2. The zero-order chi connectivity index (χ0) is 19.2. The Bertz CT molecular complexity index is 388. The highest BCUT2D eigenvalue weighted by Gasteiger charge is 2.41. The van der Waals surface area contributed by atoms with Gasteiger partial charge in [-0.15, -0.1) is 0 Å². The number of hydrogen-bond acceptors (Lipinski definition) is 3. The molecule has 1 unspecified atom stereocenters. The van der Waals surface area contributed by atoms with E-state index in [1.165, 1.54) is 0 Å². The maximum atomic E-state index is 12.6. The molecule has 0 aromatic carbocycles. The van der Waals surface area contributed by atoms with Crippen LogP contribution >= 0.6 is 0 Å². The van der Waals surface area contributed by atoms with Crippen LogP contribution in [0.2, 0.25) is 0 Å². The van der Waals surface area contributed by atoms with E-state index < -0.39 is 5.54 Å². The molecule has 0 amide bonds. The van der Waals surface area contributed by atoms with Crippen molar-refractivity contribution in [3.05, 3.63) is 0 Å². The van der Waals surface area contributed by atoms with E-state index >= 15 is 0 Å². The topological polar surface area (TPSA) is 49.3 Å². The van der Waals surface area contributed by atoms with E-state index in [1.54, 1.807) is 0 Å². The molecule has 2 N–H and O–H groups in total. The lowest BCUT2D eigenvalue weighted by molar-refractivity contribution is -0.124. The van der Waals surface area contributed by atoms with Crippen LogP contribution in [0.4, 0.5) is 0 Å². The quantitative estimate of drug-likeness (QED) is 0.552. The first-order valence-electron chi connectivity index (χ1n) is 9.54. The molecule has 0 aliphatic heterocycles. The Morgan fingerprint density at radius 3 is 1.83 bits per heavy atom. The van der Waals surface area contributed by atoms with Crippen LogP contribution in [0.3, 0.4) is 0 Å². The van der Waals surface area contributed by atoms with Crippen molar-refractivity contribution in [3.8, 4) is 0 Å². The number of aliphatic hydroxyl groups is 1. The predicted molar refractivity (Wildman–Crippen MR) is 104 cm³/mol. The minimum Gasteiger partial charge on any atom is -0.396 e. The summed E-state index contributed by atoms with van der Waals surface area (Å²) in [7, 11) is 0. The van der Waals surface area contributed by atoms with E-state index in [4.69, 9.17) is 5.11 Å². The Kier molecular flexibility index (Phi) is 8.65. The van der Waals surface area contributed by atoms with Gasteiger partial charge in [0.15, 0.2) is 5.78 Å². The van der Waals surface area contributed by atoms with Crippen LogP contribution in [-0.4, -0.2) is 29.6 Å². The number of carbonyl (C=O) groups is 1. The van der Waals surface area contributed by atoms with Gasteiger partial charge in [0, 0.05) is 19.6 Å². The number of nitrogens with one attached hydrogen (secondary N) is 1. The molecule has 0 saturated carbocycles. The third-order valence-electron chi connectivity index (χ3n) is 5.41. The van der Waals surface area contributed by atoms with Gasteiger partial charge in [-0.1, -0.05) is 54.9 Å². The Morgan fingerprint density at radius 2 is 1.42 bits per heavy atom. The van der Waals surface area contributed by atoms with Gasteiger partial charge in [0.05, 0.1) is 5.54 Å². The van der Waals surface area contributed by atoms with Crippen LogP contribution < -0.4 is 5.32 Å². The lowest BCUT2D eigenvalue weighted by Gasteiger charge is -2.47. The molecule has 0 aromatic rings. The van der Waals surface area contributed by atoms with E-state index in [1.807, 2.05) is 13.8 Å². The lowest BCUT2D eigenvalue weighted by atomic mass is 9.61. The maximum Gasteiger partial charge on any atom is 0.152 e. The van der Waals surface area contributed by atoms with Crippen LogP contribution in [0, 0.1) is 16.2 Å².